The molecule has 16 rings (SSSR count). The van der Waals surface area contributed by atoms with Crippen molar-refractivity contribution in [3.8, 4) is 45.0 Å². The Morgan fingerprint density at radius 3 is 1.37 bits per heavy atom. The van der Waals surface area contributed by atoms with E-state index in [1.54, 1.807) is 12.1 Å². The van der Waals surface area contributed by atoms with Gasteiger partial charge in [0.25, 0.3) is 5.91 Å². The largest absolute Gasteiger partial charge is 0.337 e. The average molecular weight is 1380 g/mol. The highest BCUT2D eigenvalue weighted by Gasteiger charge is 2.37. The van der Waals surface area contributed by atoms with Gasteiger partial charge in [-0.15, -0.1) is 0 Å². The smallest absolute Gasteiger partial charge is 0.253 e. The van der Waals surface area contributed by atoms with Crippen LogP contribution in [0.4, 0.5) is 10.2 Å². The lowest BCUT2D eigenvalue weighted by Crippen LogP contribution is -2.55. The van der Waals surface area contributed by atoms with Gasteiger partial charge in [0.2, 0.25) is 12.5 Å². The molecular formula is C78H82FN13O6S2. The van der Waals surface area contributed by atoms with Crippen LogP contribution in [0, 0.1) is 44.5 Å². The van der Waals surface area contributed by atoms with Crippen molar-refractivity contribution >= 4 is 59.9 Å². The average Bonchev–Trinajstić information content (AvgIpc) is 1.37. The van der Waals surface area contributed by atoms with Crippen LogP contribution >= 0.6 is 0 Å². The predicted octanol–water partition coefficient (Wildman–Crippen LogP) is 13.4. The minimum atomic E-state index is -2.90. The van der Waals surface area contributed by atoms with E-state index in [9.17, 15) is 30.8 Å². The van der Waals surface area contributed by atoms with E-state index in [-0.39, 0.29) is 59.4 Å². The van der Waals surface area contributed by atoms with Crippen molar-refractivity contribution in [3.05, 3.63) is 245 Å². The zero-order valence-corrected chi connectivity index (χ0v) is 57.7. The Morgan fingerprint density at radius 1 is 0.530 bits per heavy atom. The Labute approximate surface area is 583 Å². The molecule has 0 bridgehead atoms. The summed E-state index contributed by atoms with van der Waals surface area (Å²) < 4.78 is 69.0. The lowest BCUT2D eigenvalue weighted by atomic mass is 9.84. The number of sulfone groups is 2. The molecule has 1 aliphatic carbocycles. The van der Waals surface area contributed by atoms with Gasteiger partial charge < -0.3 is 15.1 Å². The first-order valence-electron chi connectivity index (χ1n) is 33.3. The van der Waals surface area contributed by atoms with Gasteiger partial charge >= 0.3 is 0 Å². The number of fused-ring (bicyclic) bond motifs is 4. The van der Waals surface area contributed by atoms with E-state index in [0.29, 0.717) is 56.2 Å². The first-order valence-corrected chi connectivity index (χ1v) is 36.9. The second-order valence-corrected chi connectivity index (χ2v) is 31.5. The third-order valence-corrected chi connectivity index (χ3v) is 21.5. The van der Waals surface area contributed by atoms with Gasteiger partial charge in [0, 0.05) is 93.6 Å². The maximum atomic E-state index is 14.8. The van der Waals surface area contributed by atoms with Gasteiger partial charge in [-0.05, 0) is 140 Å². The third kappa shape index (κ3) is 16.4. The number of carbonyl (C=O) groups is 2. The molecule has 514 valence electrons. The van der Waals surface area contributed by atoms with Gasteiger partial charge in [-0.2, -0.15) is 0 Å². The lowest BCUT2D eigenvalue weighted by Gasteiger charge is -2.45. The van der Waals surface area contributed by atoms with Crippen LogP contribution in [0.2, 0.25) is 0 Å². The van der Waals surface area contributed by atoms with E-state index in [1.807, 2.05) is 162 Å². The fourth-order valence-corrected chi connectivity index (χ4v) is 15.5. The molecule has 0 unspecified atom stereocenters. The van der Waals surface area contributed by atoms with Crippen molar-refractivity contribution in [2.75, 3.05) is 67.6 Å². The summed E-state index contributed by atoms with van der Waals surface area (Å²) in [4.78, 5) is 52.1. The zero-order chi connectivity index (χ0) is 69.2. The number of nitrogens with zero attached hydrogens (tertiary/aromatic N) is 12. The molecule has 1 N–H and O–H groups in total. The van der Waals surface area contributed by atoms with Gasteiger partial charge in [-0.25, -0.2) is 47.7 Å². The zero-order valence-electron chi connectivity index (χ0n) is 56.1. The number of aryl methyl sites for hydroxylation is 3. The Kier molecular flexibility index (Phi) is 20.4. The van der Waals surface area contributed by atoms with E-state index in [0.717, 1.165) is 123 Å². The first kappa shape index (κ1) is 69.7. The summed E-state index contributed by atoms with van der Waals surface area (Å²) in [5, 5.41) is 2.91. The quantitative estimate of drug-likeness (QED) is 0.114. The highest BCUT2D eigenvalue weighted by atomic mass is 32.2. The number of hydrogen-bond donors (Lipinski definition) is 1. The Bertz CT molecular complexity index is 5230. The van der Waals surface area contributed by atoms with Crippen LogP contribution in [0.1, 0.15) is 78.2 Å². The summed E-state index contributed by atoms with van der Waals surface area (Å²) in [6.45, 7) is 22.8. The maximum Gasteiger partial charge on any atom is 0.253 e. The van der Waals surface area contributed by atoms with Crippen LogP contribution in [-0.2, 0) is 44.1 Å². The highest BCUT2D eigenvalue weighted by Crippen LogP contribution is 2.33. The molecule has 0 atom stereocenters. The van der Waals surface area contributed by atoms with Crippen molar-refractivity contribution in [3.63, 3.8) is 0 Å². The molecule has 4 aromatic carbocycles. The van der Waals surface area contributed by atoms with Crippen molar-refractivity contribution in [2.45, 2.75) is 74.5 Å². The van der Waals surface area contributed by atoms with Crippen LogP contribution in [0.15, 0.2) is 189 Å². The predicted molar refractivity (Wildman–Crippen MR) is 393 cm³/mol. The van der Waals surface area contributed by atoms with Gasteiger partial charge in [-0.3, -0.25) is 37.0 Å². The van der Waals surface area contributed by atoms with Crippen LogP contribution in [0.25, 0.3) is 72.5 Å². The van der Waals surface area contributed by atoms with E-state index in [1.165, 1.54) is 5.56 Å². The molecule has 22 heteroatoms. The summed E-state index contributed by atoms with van der Waals surface area (Å²) in [6.07, 6.45) is 9.76. The molecule has 2 amide bonds. The lowest BCUT2D eigenvalue weighted by molar-refractivity contribution is -0.117. The van der Waals surface area contributed by atoms with Gasteiger partial charge in [0.05, 0.1) is 69.1 Å². The standard InChI is InChI=1S/C23H24N4O2.C19H20FN3O2S.C19H21N3O2S.C16H13N3.CH4/c1-23(2)13-26(14-23)22(29)17-10-6-15(7-11-17)18-4-3-5-20-24-19(12-27(18)20)25-21(28)16-8-9-16;1-14-12-23-18(3-2-4-19(23)21-14)16-6-5-15(11-17(16)20)13-22-7-9-26(24,25)10-8-22;1-15-13-22-18(3-2-4-19(22)20-15)17-7-5-16(6-8-17)14-21-9-11-25(23,24)12-10-21;1-12-11-19-15(4-3-5-16(19)18-12)14-8-6-13(7-9-14)10-17-2;/h3-7,10-12,16H,8-9,13-14H2,1-2H3,(H,25,28);2-6,11-12H,7-10,13H2,1H3;2-8,13H,9-12,14H2,1H3;3-9,11H,10H2,1H3;1H4. The van der Waals surface area contributed by atoms with Gasteiger partial charge in [-0.1, -0.05) is 112 Å². The number of rotatable bonds is 12. The molecule has 3 aliphatic heterocycles. The fraction of sp³-hybridized carbons (Fsp3) is 0.295. The summed E-state index contributed by atoms with van der Waals surface area (Å²) in [6, 6.07) is 53.3. The number of hydrogen-bond acceptors (Lipinski definition) is 12. The van der Waals surface area contributed by atoms with Crippen LogP contribution in [0.3, 0.4) is 0 Å². The monoisotopic (exact) mass is 1380 g/mol. The number of pyridine rings is 4. The second kappa shape index (κ2) is 29.3. The van der Waals surface area contributed by atoms with E-state index >= 15 is 0 Å². The maximum absolute atomic E-state index is 14.8. The molecule has 11 heterocycles. The first-order chi connectivity index (χ1) is 47.6. The second-order valence-electron chi connectivity index (χ2n) is 26.9. The van der Waals surface area contributed by atoms with E-state index in [4.69, 9.17) is 6.57 Å². The fourth-order valence-electron chi connectivity index (χ4n) is 12.9. The number of halogens is 1. The molecule has 0 radical (unpaired) electrons. The van der Waals surface area contributed by atoms with Crippen LogP contribution in [-0.4, -0.2) is 143 Å². The molecular weight excluding hydrogens is 1300 g/mol. The minimum absolute atomic E-state index is 0. The highest BCUT2D eigenvalue weighted by molar-refractivity contribution is 7.91. The molecule has 4 aliphatic rings. The molecule has 4 fully saturated rings. The van der Waals surface area contributed by atoms with Crippen molar-refractivity contribution in [1.82, 2.24) is 52.2 Å². The molecule has 12 aromatic rings. The summed E-state index contributed by atoms with van der Waals surface area (Å²) in [5.41, 5.74) is 18.2. The van der Waals surface area contributed by atoms with Crippen molar-refractivity contribution in [1.29, 1.82) is 0 Å². The summed E-state index contributed by atoms with van der Waals surface area (Å²) in [5.74, 6) is 1.45. The number of anilines is 1. The summed E-state index contributed by atoms with van der Waals surface area (Å²) >= 11 is 0. The topological polar surface area (TPSA) is 198 Å². The van der Waals surface area contributed by atoms with E-state index < -0.39 is 19.7 Å². The number of carbonyl (C=O) groups excluding carboxylic acids is 2. The third-order valence-electron chi connectivity index (χ3n) is 18.2. The number of benzene rings is 4. The Hall–Kier alpha value is -10.2. The Balaban J connectivity index is 0.000000127. The minimum Gasteiger partial charge on any atom is -0.337 e. The molecule has 100 heavy (non-hydrogen) atoms. The van der Waals surface area contributed by atoms with Crippen LogP contribution in [0.5, 0.6) is 0 Å². The van der Waals surface area contributed by atoms with Crippen molar-refractivity contribution in [2.24, 2.45) is 11.3 Å². The van der Waals surface area contributed by atoms with Gasteiger partial charge in [0.15, 0.2) is 25.5 Å². The number of nitrogens with one attached hydrogen (secondary N) is 1. The normalized spacial score (nSPS) is 16.2. The molecule has 0 spiro atoms. The van der Waals surface area contributed by atoms with Crippen molar-refractivity contribution < 1.29 is 30.8 Å². The van der Waals surface area contributed by atoms with E-state index in [2.05, 4.69) is 111 Å². The number of imidazole rings is 4. The van der Waals surface area contributed by atoms with Crippen LogP contribution < -0.4 is 5.32 Å². The molecule has 3 saturated heterocycles. The SMILES string of the molecule is C.CC1(C)CN(C(=O)c2ccc(-c3cccc4nc(NC(=O)C5CC5)cn34)cc2)C1.Cc1cn2c(-c3ccc(CN4CCS(=O)(=O)CC4)cc3)cccc2n1.Cc1cn2c(-c3ccc(CN4CCS(=O)(=O)CC4)cc3F)cccc2n1.[C-]#[N+]Cc1ccc(-c2cccc3nc(C)cn23)cc1. The molecule has 8 aromatic heterocycles. The molecule has 1 saturated carbocycles. The summed E-state index contributed by atoms with van der Waals surface area (Å²) in [7, 11) is -5.72. The van der Waals surface area contributed by atoms with Gasteiger partial charge in [0.1, 0.15) is 28.4 Å². The number of aromatic nitrogens is 8. The number of amides is 2. The number of likely N-dealkylation sites (tertiary alicyclic amines) is 1. The Morgan fingerprint density at radius 2 is 0.930 bits per heavy atom. The molecule has 19 nitrogen and oxygen atoms in total.